The molecule has 1 fully saturated rings. The smallest absolute Gasteiger partial charge is 0.193 e. The summed E-state index contributed by atoms with van der Waals surface area (Å²) in [5.74, 6) is 1.78. The van der Waals surface area contributed by atoms with Crippen molar-refractivity contribution in [1.82, 2.24) is 15.1 Å². The Kier molecular flexibility index (Phi) is 14.6. The van der Waals surface area contributed by atoms with Crippen molar-refractivity contribution < 1.29 is 0 Å². The highest BCUT2D eigenvalue weighted by atomic mass is 127. The van der Waals surface area contributed by atoms with Crippen LogP contribution in [0.15, 0.2) is 17.6 Å². The van der Waals surface area contributed by atoms with E-state index in [1.54, 1.807) is 0 Å². The van der Waals surface area contributed by atoms with E-state index < -0.39 is 0 Å². The molecule has 1 aliphatic heterocycles. The lowest BCUT2D eigenvalue weighted by molar-refractivity contribution is 0.143. The number of rotatable bonds is 10. The predicted octanol–water partition coefficient (Wildman–Crippen LogP) is 4.37. The minimum Gasteiger partial charge on any atom is -0.357 e. The van der Waals surface area contributed by atoms with Crippen LogP contribution in [0.2, 0.25) is 0 Å². The number of nitrogens with zero attached hydrogens (tertiary/aromatic N) is 3. The molecule has 4 nitrogen and oxygen atoms in total. The molecule has 1 saturated heterocycles. The second kappa shape index (κ2) is 14.8. The van der Waals surface area contributed by atoms with E-state index in [4.69, 9.17) is 4.99 Å². The molecule has 1 rings (SSSR count). The van der Waals surface area contributed by atoms with Crippen LogP contribution in [0.5, 0.6) is 0 Å². The SMILES string of the molecule is C=CCCCCCN(C)C(=NCC1CCCN(C(C)C)C1)NCC.I. The third-order valence-electron chi connectivity index (χ3n) is 4.88. The number of hydrogen-bond acceptors (Lipinski definition) is 2. The van der Waals surface area contributed by atoms with Gasteiger partial charge in [-0.1, -0.05) is 12.5 Å². The first-order chi connectivity index (χ1) is 11.6. The molecule has 148 valence electrons. The van der Waals surface area contributed by atoms with Crippen LogP contribution in [-0.4, -0.2) is 61.6 Å². The van der Waals surface area contributed by atoms with E-state index in [0.717, 1.165) is 32.0 Å². The van der Waals surface area contributed by atoms with Crippen LogP contribution in [0, 0.1) is 5.92 Å². The highest BCUT2D eigenvalue weighted by Gasteiger charge is 2.21. The summed E-state index contributed by atoms with van der Waals surface area (Å²) in [5, 5.41) is 3.45. The molecule has 1 atom stereocenters. The molecule has 0 spiro atoms. The Balaban J connectivity index is 0.00000576. The summed E-state index contributed by atoms with van der Waals surface area (Å²) in [6, 6.07) is 0.656. The van der Waals surface area contributed by atoms with E-state index in [1.807, 2.05) is 6.08 Å². The van der Waals surface area contributed by atoms with Crippen LogP contribution in [0.4, 0.5) is 0 Å². The maximum Gasteiger partial charge on any atom is 0.193 e. The number of nitrogens with one attached hydrogen (secondary N) is 1. The van der Waals surface area contributed by atoms with Crippen molar-refractivity contribution in [2.45, 2.75) is 65.3 Å². The Bertz CT molecular complexity index is 371. The van der Waals surface area contributed by atoms with Crippen molar-refractivity contribution in [2.24, 2.45) is 10.9 Å². The van der Waals surface area contributed by atoms with Crippen molar-refractivity contribution in [3.05, 3.63) is 12.7 Å². The van der Waals surface area contributed by atoms with Gasteiger partial charge in [0.05, 0.1) is 0 Å². The van der Waals surface area contributed by atoms with Crippen LogP contribution in [0.3, 0.4) is 0 Å². The zero-order valence-corrected chi connectivity index (χ0v) is 19.3. The zero-order valence-electron chi connectivity index (χ0n) is 17.0. The van der Waals surface area contributed by atoms with Crippen LogP contribution in [-0.2, 0) is 0 Å². The van der Waals surface area contributed by atoms with Crippen LogP contribution in [0.1, 0.15) is 59.3 Å². The van der Waals surface area contributed by atoms with Gasteiger partial charge in [0, 0.05) is 39.3 Å². The van der Waals surface area contributed by atoms with Gasteiger partial charge in [-0.25, -0.2) is 0 Å². The molecule has 0 aromatic carbocycles. The van der Waals surface area contributed by atoms with Gasteiger partial charge in [-0.3, -0.25) is 4.99 Å². The average Bonchev–Trinajstić information content (AvgIpc) is 2.58. The summed E-state index contributed by atoms with van der Waals surface area (Å²) in [7, 11) is 2.16. The summed E-state index contributed by atoms with van der Waals surface area (Å²) in [6.07, 6.45) is 9.51. The molecule has 0 aromatic heterocycles. The van der Waals surface area contributed by atoms with Crippen LogP contribution in [0.25, 0.3) is 0 Å². The van der Waals surface area contributed by atoms with Gasteiger partial charge < -0.3 is 15.1 Å². The molecule has 0 bridgehead atoms. The lowest BCUT2D eigenvalue weighted by Crippen LogP contribution is -2.42. The van der Waals surface area contributed by atoms with Gasteiger partial charge in [0.15, 0.2) is 5.96 Å². The summed E-state index contributed by atoms with van der Waals surface area (Å²) in [5.41, 5.74) is 0. The van der Waals surface area contributed by atoms with E-state index in [-0.39, 0.29) is 24.0 Å². The van der Waals surface area contributed by atoms with Gasteiger partial charge in [-0.05, 0) is 65.3 Å². The minimum absolute atomic E-state index is 0. The lowest BCUT2D eigenvalue weighted by Gasteiger charge is -2.35. The van der Waals surface area contributed by atoms with Crippen LogP contribution < -0.4 is 5.32 Å². The molecule has 0 amide bonds. The Labute approximate surface area is 173 Å². The van der Waals surface area contributed by atoms with E-state index in [2.05, 4.69) is 49.5 Å². The second-order valence-electron chi connectivity index (χ2n) is 7.35. The lowest BCUT2D eigenvalue weighted by atomic mass is 9.97. The van der Waals surface area contributed by atoms with E-state index in [1.165, 1.54) is 45.2 Å². The normalized spacial score (nSPS) is 18.8. The zero-order chi connectivity index (χ0) is 17.8. The van der Waals surface area contributed by atoms with Crippen LogP contribution >= 0.6 is 24.0 Å². The van der Waals surface area contributed by atoms with Gasteiger partial charge in [0.25, 0.3) is 0 Å². The van der Waals surface area contributed by atoms with Gasteiger partial charge in [0.1, 0.15) is 0 Å². The fourth-order valence-electron chi connectivity index (χ4n) is 3.32. The summed E-state index contributed by atoms with van der Waals surface area (Å²) in [6.45, 7) is 15.9. The summed E-state index contributed by atoms with van der Waals surface area (Å²) < 4.78 is 0. The predicted molar refractivity (Wildman–Crippen MR) is 122 cm³/mol. The second-order valence-corrected chi connectivity index (χ2v) is 7.35. The van der Waals surface area contributed by atoms with Crippen molar-refractivity contribution in [1.29, 1.82) is 0 Å². The molecule has 1 N–H and O–H groups in total. The van der Waals surface area contributed by atoms with E-state index in [9.17, 15) is 0 Å². The summed E-state index contributed by atoms with van der Waals surface area (Å²) in [4.78, 5) is 9.82. The topological polar surface area (TPSA) is 30.9 Å². The van der Waals surface area contributed by atoms with Gasteiger partial charge in [-0.15, -0.1) is 30.6 Å². The van der Waals surface area contributed by atoms with Crippen molar-refractivity contribution in [2.75, 3.05) is 39.8 Å². The van der Waals surface area contributed by atoms with E-state index in [0.29, 0.717) is 12.0 Å². The fraction of sp³-hybridized carbons (Fsp3) is 0.850. The molecule has 0 radical (unpaired) electrons. The number of allylic oxidation sites excluding steroid dienone is 1. The molecule has 0 aliphatic carbocycles. The summed E-state index contributed by atoms with van der Waals surface area (Å²) >= 11 is 0. The molecule has 5 heteroatoms. The highest BCUT2D eigenvalue weighted by Crippen LogP contribution is 2.18. The van der Waals surface area contributed by atoms with E-state index >= 15 is 0 Å². The number of unbranched alkanes of at least 4 members (excludes halogenated alkanes) is 3. The number of guanidine groups is 1. The first kappa shape index (κ1) is 24.7. The number of halogens is 1. The molecule has 1 aliphatic rings. The average molecular weight is 464 g/mol. The minimum atomic E-state index is 0. The number of hydrogen-bond donors (Lipinski definition) is 1. The van der Waals surface area contributed by atoms with Gasteiger partial charge in [-0.2, -0.15) is 0 Å². The number of aliphatic imine (C=N–C) groups is 1. The maximum atomic E-state index is 4.93. The first-order valence-electron chi connectivity index (χ1n) is 9.92. The third kappa shape index (κ3) is 10.4. The molecule has 1 heterocycles. The molecule has 0 saturated carbocycles. The Hall–Kier alpha value is -0.300. The molecule has 1 unspecified atom stereocenters. The maximum absolute atomic E-state index is 4.93. The standard InChI is InChI=1S/C20H40N4.HI/c1-6-8-9-10-11-14-23(5)20(21-7-2)22-16-19-13-12-15-24(17-19)18(3)4;/h6,18-19H,1,7-17H2,2-5H3,(H,21,22);1H. The molecule has 0 aromatic rings. The Morgan fingerprint density at radius 2 is 2.12 bits per heavy atom. The molecule has 25 heavy (non-hydrogen) atoms. The monoisotopic (exact) mass is 464 g/mol. The number of piperidine rings is 1. The first-order valence-corrected chi connectivity index (χ1v) is 9.92. The highest BCUT2D eigenvalue weighted by molar-refractivity contribution is 14.0. The number of likely N-dealkylation sites (tertiary alicyclic amines) is 1. The Morgan fingerprint density at radius 1 is 1.36 bits per heavy atom. The van der Waals surface area contributed by atoms with Crippen molar-refractivity contribution in [3.8, 4) is 0 Å². The van der Waals surface area contributed by atoms with Crippen molar-refractivity contribution >= 4 is 29.9 Å². The molecular formula is C20H41IN4. The fourth-order valence-corrected chi connectivity index (χ4v) is 3.32. The third-order valence-corrected chi connectivity index (χ3v) is 4.88. The molecular weight excluding hydrogens is 423 g/mol. The Morgan fingerprint density at radius 3 is 2.76 bits per heavy atom. The van der Waals surface area contributed by atoms with Gasteiger partial charge >= 0.3 is 0 Å². The van der Waals surface area contributed by atoms with Crippen molar-refractivity contribution in [3.63, 3.8) is 0 Å². The largest absolute Gasteiger partial charge is 0.357 e. The van der Waals surface area contributed by atoms with Gasteiger partial charge in [0.2, 0.25) is 0 Å². The quantitative estimate of drug-likeness (QED) is 0.171.